The molecule has 8 nitrogen and oxygen atoms in total. The Labute approximate surface area is 104 Å². The molecule has 1 aliphatic carbocycles. The number of aliphatic hydroxyl groups is 1. The van der Waals surface area contributed by atoms with Crippen LogP contribution in [-0.2, 0) is 9.59 Å². The monoisotopic (exact) mass is 259 g/mol. The SMILES string of the molecule is O=C(CCNC(=O)NCC(O)C(=O)O)NC1CC1. The van der Waals surface area contributed by atoms with E-state index >= 15 is 0 Å². The Hall–Kier alpha value is -1.83. The average molecular weight is 259 g/mol. The molecule has 0 spiro atoms. The van der Waals surface area contributed by atoms with Gasteiger partial charge in [-0.3, -0.25) is 4.79 Å². The van der Waals surface area contributed by atoms with Crippen molar-refractivity contribution in [2.24, 2.45) is 0 Å². The van der Waals surface area contributed by atoms with Crippen molar-refractivity contribution in [1.29, 1.82) is 0 Å². The number of nitrogens with one attached hydrogen (secondary N) is 3. The van der Waals surface area contributed by atoms with Crippen LogP contribution in [0.25, 0.3) is 0 Å². The number of carboxylic acid groups (broad SMARTS) is 1. The minimum atomic E-state index is -1.63. The van der Waals surface area contributed by atoms with Crippen LogP contribution in [0.2, 0.25) is 0 Å². The predicted molar refractivity (Wildman–Crippen MR) is 60.8 cm³/mol. The van der Waals surface area contributed by atoms with Crippen molar-refractivity contribution >= 4 is 17.9 Å². The largest absolute Gasteiger partial charge is 0.479 e. The van der Waals surface area contributed by atoms with Crippen molar-refractivity contribution < 1.29 is 24.6 Å². The maximum atomic E-state index is 11.2. The zero-order valence-electron chi connectivity index (χ0n) is 9.81. The Morgan fingerprint density at radius 2 is 1.89 bits per heavy atom. The summed E-state index contributed by atoms with van der Waals surface area (Å²) in [5.74, 6) is -1.53. The third-order valence-corrected chi connectivity index (χ3v) is 2.32. The fourth-order valence-electron chi connectivity index (χ4n) is 1.16. The van der Waals surface area contributed by atoms with Crippen molar-refractivity contribution in [3.63, 3.8) is 0 Å². The molecule has 0 aromatic rings. The molecular formula is C10H17N3O5. The number of carbonyl (C=O) groups excluding carboxylic acids is 2. The highest BCUT2D eigenvalue weighted by Crippen LogP contribution is 2.18. The second-order valence-corrected chi connectivity index (χ2v) is 4.08. The lowest BCUT2D eigenvalue weighted by molar-refractivity contribution is -0.146. The van der Waals surface area contributed by atoms with Gasteiger partial charge in [-0.05, 0) is 12.8 Å². The second-order valence-electron chi connectivity index (χ2n) is 4.08. The molecule has 1 atom stereocenters. The van der Waals surface area contributed by atoms with E-state index in [2.05, 4.69) is 16.0 Å². The zero-order chi connectivity index (χ0) is 13.5. The first-order chi connectivity index (χ1) is 8.49. The topological polar surface area (TPSA) is 128 Å². The second kappa shape index (κ2) is 6.80. The molecule has 5 N–H and O–H groups in total. The number of carboxylic acids is 1. The third kappa shape index (κ3) is 6.04. The minimum Gasteiger partial charge on any atom is -0.479 e. The van der Waals surface area contributed by atoms with E-state index in [0.29, 0.717) is 0 Å². The molecule has 0 saturated heterocycles. The highest BCUT2D eigenvalue weighted by Gasteiger charge is 2.22. The van der Waals surface area contributed by atoms with Crippen LogP contribution in [0.3, 0.4) is 0 Å². The van der Waals surface area contributed by atoms with Crippen LogP contribution in [-0.4, -0.2) is 53.4 Å². The van der Waals surface area contributed by atoms with Crippen molar-refractivity contribution in [3.8, 4) is 0 Å². The fraction of sp³-hybridized carbons (Fsp3) is 0.700. The van der Waals surface area contributed by atoms with Gasteiger partial charge < -0.3 is 26.2 Å². The summed E-state index contributed by atoms with van der Waals surface area (Å²) in [4.78, 5) is 32.6. The molecule has 1 aliphatic rings. The Kier molecular flexibility index (Phi) is 5.37. The smallest absolute Gasteiger partial charge is 0.334 e. The lowest BCUT2D eigenvalue weighted by Crippen LogP contribution is -2.43. The standard InChI is InChI=1S/C10H17N3O5/c14-7(9(16)17)5-12-10(18)11-4-3-8(15)13-6-1-2-6/h6-7,14H,1-5H2,(H,13,15)(H,16,17)(H2,11,12,18). The maximum absolute atomic E-state index is 11.2. The van der Waals surface area contributed by atoms with Crippen molar-refractivity contribution in [1.82, 2.24) is 16.0 Å². The van der Waals surface area contributed by atoms with Gasteiger partial charge in [0.25, 0.3) is 0 Å². The van der Waals surface area contributed by atoms with Gasteiger partial charge in [0.15, 0.2) is 6.10 Å². The molecule has 1 rings (SSSR count). The Bertz CT molecular complexity index is 329. The van der Waals surface area contributed by atoms with E-state index < -0.39 is 18.1 Å². The fourth-order valence-corrected chi connectivity index (χ4v) is 1.16. The van der Waals surface area contributed by atoms with E-state index in [4.69, 9.17) is 10.2 Å². The van der Waals surface area contributed by atoms with Crippen molar-refractivity contribution in [3.05, 3.63) is 0 Å². The summed E-state index contributed by atoms with van der Waals surface area (Å²) in [7, 11) is 0. The van der Waals surface area contributed by atoms with Gasteiger partial charge in [-0.2, -0.15) is 0 Å². The summed E-state index contributed by atoms with van der Waals surface area (Å²) in [6, 6.07) is -0.327. The summed E-state index contributed by atoms with van der Waals surface area (Å²) >= 11 is 0. The number of hydrogen-bond acceptors (Lipinski definition) is 4. The van der Waals surface area contributed by atoms with E-state index in [1.54, 1.807) is 0 Å². The van der Waals surface area contributed by atoms with Gasteiger partial charge in [0.2, 0.25) is 5.91 Å². The lowest BCUT2D eigenvalue weighted by Gasteiger charge is -2.09. The Morgan fingerprint density at radius 3 is 2.44 bits per heavy atom. The summed E-state index contributed by atoms with van der Waals surface area (Å²) in [6.45, 7) is -0.219. The van der Waals surface area contributed by atoms with Gasteiger partial charge in [-0.15, -0.1) is 0 Å². The molecule has 18 heavy (non-hydrogen) atoms. The van der Waals surface area contributed by atoms with Crippen LogP contribution in [0, 0.1) is 0 Å². The average Bonchev–Trinajstić information content (AvgIpc) is 3.09. The van der Waals surface area contributed by atoms with E-state index in [1.165, 1.54) is 0 Å². The van der Waals surface area contributed by atoms with Gasteiger partial charge in [0.1, 0.15) is 0 Å². The Balaban J connectivity index is 2.02. The minimum absolute atomic E-state index is 0.122. The van der Waals surface area contributed by atoms with E-state index in [1.807, 2.05) is 0 Å². The third-order valence-electron chi connectivity index (χ3n) is 2.32. The van der Waals surface area contributed by atoms with Crippen LogP contribution < -0.4 is 16.0 Å². The first-order valence-corrected chi connectivity index (χ1v) is 5.71. The highest BCUT2D eigenvalue weighted by molar-refractivity contribution is 5.79. The van der Waals surface area contributed by atoms with E-state index in [9.17, 15) is 14.4 Å². The van der Waals surface area contributed by atoms with Crippen LogP contribution in [0.15, 0.2) is 0 Å². The quantitative estimate of drug-likeness (QED) is 0.376. The molecule has 1 unspecified atom stereocenters. The molecule has 0 aliphatic heterocycles. The number of aliphatic carboxylic acids is 1. The van der Waals surface area contributed by atoms with Crippen molar-refractivity contribution in [2.45, 2.75) is 31.4 Å². The zero-order valence-corrected chi connectivity index (χ0v) is 9.81. The number of urea groups is 1. The number of amides is 3. The highest BCUT2D eigenvalue weighted by atomic mass is 16.4. The molecule has 0 aromatic heterocycles. The molecule has 0 heterocycles. The number of hydrogen-bond donors (Lipinski definition) is 5. The first kappa shape index (κ1) is 14.2. The van der Waals surface area contributed by atoms with Gasteiger partial charge in [-0.25, -0.2) is 9.59 Å². The Morgan fingerprint density at radius 1 is 1.22 bits per heavy atom. The summed E-state index contributed by atoms with van der Waals surface area (Å²) in [6.07, 6.45) is 0.555. The van der Waals surface area contributed by atoms with Crippen LogP contribution in [0.4, 0.5) is 4.79 Å². The first-order valence-electron chi connectivity index (χ1n) is 5.71. The van der Waals surface area contributed by atoms with Gasteiger partial charge in [-0.1, -0.05) is 0 Å². The van der Waals surface area contributed by atoms with Crippen molar-refractivity contribution in [2.75, 3.05) is 13.1 Å². The molecule has 1 fully saturated rings. The summed E-state index contributed by atoms with van der Waals surface area (Å²) < 4.78 is 0. The van der Waals surface area contributed by atoms with Crippen LogP contribution in [0.5, 0.6) is 0 Å². The van der Waals surface area contributed by atoms with Gasteiger partial charge >= 0.3 is 12.0 Å². The molecular weight excluding hydrogens is 242 g/mol. The van der Waals surface area contributed by atoms with Crippen LogP contribution in [0.1, 0.15) is 19.3 Å². The number of rotatable bonds is 7. The molecule has 1 saturated carbocycles. The number of carbonyl (C=O) groups is 3. The molecule has 0 bridgehead atoms. The predicted octanol–water partition coefficient (Wildman–Crippen LogP) is -1.60. The molecule has 0 aromatic carbocycles. The lowest BCUT2D eigenvalue weighted by atomic mass is 10.3. The van der Waals surface area contributed by atoms with Crippen LogP contribution >= 0.6 is 0 Å². The van der Waals surface area contributed by atoms with Gasteiger partial charge in [0, 0.05) is 19.0 Å². The van der Waals surface area contributed by atoms with Gasteiger partial charge in [0.05, 0.1) is 6.54 Å². The normalized spacial score (nSPS) is 15.6. The molecule has 3 amide bonds. The molecule has 8 heteroatoms. The van der Waals surface area contributed by atoms with E-state index in [-0.39, 0.29) is 31.5 Å². The summed E-state index contributed by atoms with van der Waals surface area (Å²) in [5, 5.41) is 24.6. The molecule has 0 radical (unpaired) electrons. The van der Waals surface area contributed by atoms with E-state index in [0.717, 1.165) is 12.8 Å². The number of aliphatic hydroxyl groups excluding tert-OH is 1. The maximum Gasteiger partial charge on any atom is 0.334 e. The molecule has 102 valence electrons. The summed E-state index contributed by atoms with van der Waals surface area (Å²) in [5.41, 5.74) is 0.